The highest BCUT2D eigenvalue weighted by molar-refractivity contribution is 5.94. The zero-order chi connectivity index (χ0) is 22.2. The largest absolute Gasteiger partial charge is 0.326 e. The normalized spacial score (nSPS) is 10.6. The van der Waals surface area contributed by atoms with E-state index in [1.54, 1.807) is 0 Å². The van der Waals surface area contributed by atoms with Crippen LogP contribution in [0.5, 0.6) is 0 Å². The predicted molar refractivity (Wildman–Crippen MR) is 130 cm³/mol. The Morgan fingerprint density at radius 2 is 1.19 bits per heavy atom. The van der Waals surface area contributed by atoms with E-state index in [2.05, 4.69) is 17.6 Å². The zero-order valence-corrected chi connectivity index (χ0v) is 19.0. The highest BCUT2D eigenvalue weighted by atomic mass is 16.2. The molecule has 0 fully saturated rings. The third-order valence-corrected chi connectivity index (χ3v) is 5.42. The van der Waals surface area contributed by atoms with E-state index in [4.69, 9.17) is 0 Å². The van der Waals surface area contributed by atoms with Gasteiger partial charge < -0.3 is 10.6 Å². The van der Waals surface area contributed by atoms with Crippen LogP contribution in [0.3, 0.4) is 0 Å². The van der Waals surface area contributed by atoms with Gasteiger partial charge in [0.2, 0.25) is 11.8 Å². The van der Waals surface area contributed by atoms with Gasteiger partial charge in [-0.1, -0.05) is 94.7 Å². The van der Waals surface area contributed by atoms with E-state index < -0.39 is 0 Å². The molecule has 0 saturated carbocycles. The lowest BCUT2D eigenvalue weighted by molar-refractivity contribution is -0.117. The first kappa shape index (κ1) is 24.6. The Kier molecular flexibility index (Phi) is 12.1. The highest BCUT2D eigenvalue weighted by Crippen LogP contribution is 2.17. The maximum atomic E-state index is 12.2. The molecule has 4 nitrogen and oxygen atoms in total. The van der Waals surface area contributed by atoms with Crippen LogP contribution in [-0.2, 0) is 16.0 Å². The molecule has 2 aromatic rings. The standard InChI is InChI=1S/C27H38N2O2/c1-2-3-4-5-6-7-8-9-13-19-26(30)28-24-17-14-18-25(22-24)29-27(31)21-20-23-15-11-10-12-16-23/h10-12,14-18,22H,2-9,13,19-21H2,1H3,(H,28,30)(H,29,31). The molecular formula is C27H38N2O2. The van der Waals surface area contributed by atoms with Crippen LogP contribution < -0.4 is 10.6 Å². The average molecular weight is 423 g/mol. The molecule has 4 heteroatoms. The minimum Gasteiger partial charge on any atom is -0.326 e. The summed E-state index contributed by atoms with van der Waals surface area (Å²) in [6, 6.07) is 17.3. The zero-order valence-electron chi connectivity index (χ0n) is 19.0. The molecule has 0 aromatic heterocycles. The average Bonchev–Trinajstić information content (AvgIpc) is 2.77. The number of aryl methyl sites for hydroxylation is 1. The smallest absolute Gasteiger partial charge is 0.224 e. The van der Waals surface area contributed by atoms with Crippen molar-refractivity contribution in [3.05, 3.63) is 60.2 Å². The summed E-state index contributed by atoms with van der Waals surface area (Å²) in [5.41, 5.74) is 2.58. The lowest BCUT2D eigenvalue weighted by atomic mass is 10.1. The summed E-state index contributed by atoms with van der Waals surface area (Å²) in [7, 11) is 0. The van der Waals surface area contributed by atoms with Crippen molar-refractivity contribution in [2.24, 2.45) is 0 Å². The van der Waals surface area contributed by atoms with Gasteiger partial charge in [-0.25, -0.2) is 0 Å². The summed E-state index contributed by atoms with van der Waals surface area (Å²) in [4.78, 5) is 24.4. The van der Waals surface area contributed by atoms with Gasteiger partial charge in [-0.15, -0.1) is 0 Å². The Labute approximate surface area is 187 Å². The summed E-state index contributed by atoms with van der Waals surface area (Å²) in [5, 5.41) is 5.87. The van der Waals surface area contributed by atoms with Gasteiger partial charge in [-0.2, -0.15) is 0 Å². The van der Waals surface area contributed by atoms with Gasteiger partial charge in [0.15, 0.2) is 0 Å². The fourth-order valence-electron chi connectivity index (χ4n) is 3.62. The highest BCUT2D eigenvalue weighted by Gasteiger charge is 2.06. The molecule has 2 aromatic carbocycles. The first-order valence-electron chi connectivity index (χ1n) is 11.9. The van der Waals surface area contributed by atoms with E-state index in [0.29, 0.717) is 24.9 Å². The van der Waals surface area contributed by atoms with Crippen molar-refractivity contribution in [3.8, 4) is 0 Å². The number of unbranched alkanes of at least 4 members (excludes halogenated alkanes) is 8. The summed E-state index contributed by atoms with van der Waals surface area (Å²) in [5.74, 6) is 0.0116. The number of amides is 2. The van der Waals surface area contributed by atoms with Gasteiger partial charge in [0, 0.05) is 24.2 Å². The van der Waals surface area contributed by atoms with Crippen LogP contribution >= 0.6 is 0 Å². The minimum absolute atomic E-state index is 0.0259. The van der Waals surface area contributed by atoms with E-state index in [1.165, 1.54) is 44.9 Å². The number of benzene rings is 2. The maximum Gasteiger partial charge on any atom is 0.224 e. The molecule has 0 aliphatic rings. The summed E-state index contributed by atoms with van der Waals surface area (Å²) >= 11 is 0. The van der Waals surface area contributed by atoms with Gasteiger partial charge in [-0.05, 0) is 36.6 Å². The second kappa shape index (κ2) is 15.2. The van der Waals surface area contributed by atoms with E-state index in [9.17, 15) is 9.59 Å². The molecule has 0 spiro atoms. The molecule has 0 heterocycles. The van der Waals surface area contributed by atoms with Gasteiger partial charge in [-0.3, -0.25) is 9.59 Å². The third-order valence-electron chi connectivity index (χ3n) is 5.42. The molecular weight excluding hydrogens is 384 g/mol. The lowest BCUT2D eigenvalue weighted by Crippen LogP contribution is -2.14. The van der Waals surface area contributed by atoms with Crippen molar-refractivity contribution in [1.82, 2.24) is 0 Å². The molecule has 2 rings (SSSR count). The third kappa shape index (κ3) is 11.4. The Morgan fingerprint density at radius 3 is 1.81 bits per heavy atom. The van der Waals surface area contributed by atoms with Crippen LogP contribution in [-0.4, -0.2) is 11.8 Å². The molecule has 168 valence electrons. The molecule has 0 bridgehead atoms. The molecule has 2 N–H and O–H groups in total. The van der Waals surface area contributed by atoms with Crippen LogP contribution in [0.4, 0.5) is 11.4 Å². The van der Waals surface area contributed by atoms with Gasteiger partial charge in [0.25, 0.3) is 0 Å². The second-order valence-electron chi connectivity index (χ2n) is 8.24. The molecule has 0 radical (unpaired) electrons. The van der Waals surface area contributed by atoms with Crippen LogP contribution in [0.2, 0.25) is 0 Å². The molecule has 0 aliphatic heterocycles. The lowest BCUT2D eigenvalue weighted by Gasteiger charge is -2.09. The van der Waals surface area contributed by atoms with Crippen LogP contribution in [0.15, 0.2) is 54.6 Å². The number of nitrogens with one attached hydrogen (secondary N) is 2. The summed E-state index contributed by atoms with van der Waals surface area (Å²) in [6.07, 6.45) is 12.9. The van der Waals surface area contributed by atoms with E-state index in [-0.39, 0.29) is 11.8 Å². The number of carbonyl (C=O) groups is 2. The van der Waals surface area contributed by atoms with Crippen molar-refractivity contribution in [2.45, 2.75) is 84.0 Å². The number of carbonyl (C=O) groups excluding carboxylic acids is 2. The van der Waals surface area contributed by atoms with Crippen LogP contribution in [0, 0.1) is 0 Å². The molecule has 0 atom stereocenters. The second-order valence-corrected chi connectivity index (χ2v) is 8.24. The number of rotatable bonds is 15. The molecule has 0 unspecified atom stereocenters. The predicted octanol–water partition coefficient (Wildman–Crippen LogP) is 7.12. The monoisotopic (exact) mass is 422 g/mol. The van der Waals surface area contributed by atoms with Crippen LogP contribution in [0.1, 0.15) is 83.1 Å². The van der Waals surface area contributed by atoms with E-state index in [1.807, 2.05) is 54.6 Å². The molecule has 31 heavy (non-hydrogen) atoms. The first-order chi connectivity index (χ1) is 15.2. The first-order valence-corrected chi connectivity index (χ1v) is 11.9. The number of anilines is 2. The Balaban J connectivity index is 1.62. The molecule has 0 aliphatic carbocycles. The van der Waals surface area contributed by atoms with Crippen molar-refractivity contribution in [1.29, 1.82) is 0 Å². The van der Waals surface area contributed by atoms with Crippen molar-refractivity contribution >= 4 is 23.2 Å². The summed E-state index contributed by atoms with van der Waals surface area (Å²) in [6.45, 7) is 2.24. The van der Waals surface area contributed by atoms with Gasteiger partial charge in [0.1, 0.15) is 0 Å². The van der Waals surface area contributed by atoms with Crippen molar-refractivity contribution in [3.63, 3.8) is 0 Å². The Morgan fingerprint density at radius 1 is 0.645 bits per heavy atom. The quantitative estimate of drug-likeness (QED) is 0.300. The van der Waals surface area contributed by atoms with E-state index in [0.717, 1.165) is 24.1 Å². The topological polar surface area (TPSA) is 58.2 Å². The fraction of sp³-hybridized carbons (Fsp3) is 0.481. The summed E-state index contributed by atoms with van der Waals surface area (Å²) < 4.78 is 0. The molecule has 2 amide bonds. The van der Waals surface area contributed by atoms with E-state index >= 15 is 0 Å². The number of hydrogen-bond acceptors (Lipinski definition) is 2. The fourth-order valence-corrected chi connectivity index (χ4v) is 3.62. The van der Waals surface area contributed by atoms with Crippen molar-refractivity contribution < 1.29 is 9.59 Å². The Hall–Kier alpha value is -2.62. The SMILES string of the molecule is CCCCCCCCCCCC(=O)Nc1cccc(NC(=O)CCc2ccccc2)c1. The maximum absolute atomic E-state index is 12.2. The van der Waals surface area contributed by atoms with Crippen molar-refractivity contribution in [2.75, 3.05) is 10.6 Å². The van der Waals surface area contributed by atoms with Gasteiger partial charge >= 0.3 is 0 Å². The van der Waals surface area contributed by atoms with Crippen LogP contribution in [0.25, 0.3) is 0 Å². The number of hydrogen-bond donors (Lipinski definition) is 2. The minimum atomic E-state index is -0.0259. The Bertz CT molecular complexity index is 774. The van der Waals surface area contributed by atoms with Gasteiger partial charge in [0.05, 0.1) is 0 Å². The molecule has 0 saturated heterocycles.